The van der Waals surface area contributed by atoms with Crippen molar-refractivity contribution in [3.8, 4) is 17.1 Å². The van der Waals surface area contributed by atoms with Gasteiger partial charge in [0.25, 0.3) is 0 Å². The van der Waals surface area contributed by atoms with Crippen LogP contribution in [0.5, 0.6) is 5.75 Å². The van der Waals surface area contributed by atoms with Crippen molar-refractivity contribution in [3.05, 3.63) is 29.6 Å². The highest BCUT2D eigenvalue weighted by atomic mass is 16.5. The van der Waals surface area contributed by atoms with Gasteiger partial charge in [0.2, 0.25) is 0 Å². The van der Waals surface area contributed by atoms with Gasteiger partial charge in [0, 0.05) is 5.56 Å². The van der Waals surface area contributed by atoms with Gasteiger partial charge >= 0.3 is 0 Å². The fourth-order valence-corrected chi connectivity index (χ4v) is 4.10. The highest BCUT2D eigenvalue weighted by Gasteiger charge is 2.50. The number of methoxy groups -OCH3 is 1. The first-order valence-corrected chi connectivity index (χ1v) is 11.6. The molecular weight excluding hydrogens is 374 g/mol. The molecule has 0 saturated heterocycles. The summed E-state index contributed by atoms with van der Waals surface area (Å²) in [7, 11) is 1.73. The van der Waals surface area contributed by atoms with Crippen LogP contribution in [0.2, 0.25) is 0 Å². The molecule has 1 aromatic heterocycles. The molecular formula is C24H37N5O. The number of ether oxygens (including phenoxy) is 1. The van der Waals surface area contributed by atoms with Crippen molar-refractivity contribution in [1.29, 1.82) is 5.41 Å². The van der Waals surface area contributed by atoms with Crippen LogP contribution in [0.4, 0.5) is 0 Å². The first kappa shape index (κ1) is 22.3. The lowest BCUT2D eigenvalue weighted by Gasteiger charge is -2.10. The highest BCUT2D eigenvalue weighted by molar-refractivity contribution is 5.91. The van der Waals surface area contributed by atoms with Gasteiger partial charge in [-0.15, -0.1) is 0 Å². The summed E-state index contributed by atoms with van der Waals surface area (Å²) in [5.74, 6) is 2.47. The van der Waals surface area contributed by atoms with Gasteiger partial charge in [-0.1, -0.05) is 58.3 Å². The van der Waals surface area contributed by atoms with Crippen molar-refractivity contribution in [2.45, 2.75) is 89.4 Å². The molecule has 4 N–H and O–H groups in total. The lowest BCUT2D eigenvalue weighted by molar-refractivity contribution is 0.408. The molecule has 1 fully saturated rings. The summed E-state index contributed by atoms with van der Waals surface area (Å²) in [5, 5.41) is 15.2. The zero-order valence-electron chi connectivity index (χ0n) is 18.6. The molecule has 0 bridgehead atoms. The second-order valence-electron chi connectivity index (χ2n) is 8.61. The van der Waals surface area contributed by atoms with Crippen LogP contribution in [0, 0.1) is 5.41 Å². The summed E-state index contributed by atoms with van der Waals surface area (Å²) < 4.78 is 5.58. The van der Waals surface area contributed by atoms with Crippen LogP contribution in [0.15, 0.2) is 18.2 Å². The average Bonchev–Trinajstić information content (AvgIpc) is 3.43. The van der Waals surface area contributed by atoms with Gasteiger partial charge < -0.3 is 10.5 Å². The Bertz CT molecular complexity index is 825. The van der Waals surface area contributed by atoms with Crippen LogP contribution in [-0.4, -0.2) is 28.1 Å². The number of aromatic nitrogens is 3. The van der Waals surface area contributed by atoms with E-state index in [1.807, 2.05) is 12.1 Å². The Hall–Kier alpha value is -2.37. The normalized spacial score (nSPS) is 14.6. The second-order valence-corrected chi connectivity index (χ2v) is 8.61. The van der Waals surface area contributed by atoms with Gasteiger partial charge in [0.15, 0.2) is 5.82 Å². The van der Waals surface area contributed by atoms with Crippen molar-refractivity contribution in [2.24, 2.45) is 5.73 Å². The first-order valence-electron chi connectivity index (χ1n) is 11.6. The quantitative estimate of drug-likeness (QED) is 0.216. The third-order valence-corrected chi connectivity index (χ3v) is 6.29. The maximum Gasteiger partial charge on any atom is 0.181 e. The Labute approximate surface area is 180 Å². The minimum Gasteiger partial charge on any atom is -0.496 e. The standard InChI is InChI=1S/C24H37N5O/c1-3-4-5-6-7-8-9-10-11-12-18-17-19(13-14-20(18)30-2)21-27-23(29-28-21)24(15-16-24)22(25)26/h13-14,17H,3-12,15-16H2,1-2H3,(H3,25,26)(H,27,28,29). The van der Waals surface area contributed by atoms with E-state index in [4.69, 9.17) is 15.9 Å². The predicted octanol–water partition coefficient (Wildman–Crippen LogP) is 5.52. The molecule has 6 nitrogen and oxygen atoms in total. The molecule has 164 valence electrons. The molecule has 0 atom stereocenters. The Morgan fingerprint density at radius 3 is 2.37 bits per heavy atom. The molecule has 1 saturated carbocycles. The molecule has 0 spiro atoms. The highest BCUT2D eigenvalue weighted by Crippen LogP contribution is 2.46. The smallest absolute Gasteiger partial charge is 0.181 e. The van der Waals surface area contributed by atoms with Gasteiger partial charge in [-0.3, -0.25) is 10.5 Å². The molecule has 0 unspecified atom stereocenters. The maximum absolute atomic E-state index is 7.84. The molecule has 0 amide bonds. The monoisotopic (exact) mass is 411 g/mol. The zero-order chi connectivity index (χ0) is 21.4. The van der Waals surface area contributed by atoms with E-state index in [0.717, 1.165) is 30.6 Å². The van der Waals surface area contributed by atoms with Crippen LogP contribution in [0.3, 0.4) is 0 Å². The van der Waals surface area contributed by atoms with E-state index in [2.05, 4.69) is 28.2 Å². The minimum atomic E-state index is -0.420. The zero-order valence-corrected chi connectivity index (χ0v) is 18.6. The van der Waals surface area contributed by atoms with Gasteiger partial charge in [0.1, 0.15) is 17.4 Å². The average molecular weight is 412 g/mol. The molecule has 3 rings (SSSR count). The predicted molar refractivity (Wildman–Crippen MR) is 122 cm³/mol. The fourth-order valence-electron chi connectivity index (χ4n) is 4.10. The lowest BCUT2D eigenvalue weighted by atomic mass is 10.0. The number of unbranched alkanes of at least 4 members (excludes halogenated alkanes) is 8. The number of H-pyrrole nitrogens is 1. The van der Waals surface area contributed by atoms with Crippen molar-refractivity contribution in [1.82, 2.24) is 15.2 Å². The van der Waals surface area contributed by atoms with E-state index in [9.17, 15) is 0 Å². The Balaban J connectivity index is 1.54. The number of amidine groups is 1. The van der Waals surface area contributed by atoms with E-state index in [0.29, 0.717) is 11.6 Å². The second kappa shape index (κ2) is 10.6. The molecule has 30 heavy (non-hydrogen) atoms. The number of hydrogen-bond acceptors (Lipinski definition) is 4. The summed E-state index contributed by atoms with van der Waals surface area (Å²) in [6, 6.07) is 6.15. The number of aryl methyl sites for hydroxylation is 1. The van der Waals surface area contributed by atoms with Crippen molar-refractivity contribution < 1.29 is 4.74 Å². The number of nitrogens with one attached hydrogen (secondary N) is 2. The topological polar surface area (TPSA) is 101 Å². The summed E-state index contributed by atoms with van der Waals surface area (Å²) in [5.41, 5.74) is 7.53. The van der Waals surface area contributed by atoms with Crippen LogP contribution < -0.4 is 10.5 Å². The summed E-state index contributed by atoms with van der Waals surface area (Å²) in [4.78, 5) is 4.66. The lowest BCUT2D eigenvalue weighted by Crippen LogP contribution is -2.28. The van der Waals surface area contributed by atoms with Crippen molar-refractivity contribution in [3.63, 3.8) is 0 Å². The van der Waals surface area contributed by atoms with Gasteiger partial charge in [-0.25, -0.2) is 4.98 Å². The molecule has 1 aromatic carbocycles. The van der Waals surface area contributed by atoms with Crippen molar-refractivity contribution >= 4 is 5.84 Å². The summed E-state index contributed by atoms with van der Waals surface area (Å²) in [6.45, 7) is 2.26. The number of nitrogens with two attached hydrogens (primary N) is 1. The number of hydrogen-bond donors (Lipinski definition) is 3. The number of benzene rings is 1. The Morgan fingerprint density at radius 1 is 1.10 bits per heavy atom. The number of nitrogens with zero attached hydrogens (tertiary/aromatic N) is 2. The fraction of sp³-hybridized carbons (Fsp3) is 0.625. The number of aromatic amines is 1. The molecule has 1 aliphatic carbocycles. The SMILES string of the molecule is CCCCCCCCCCCc1cc(-c2n[nH]c(C3(C(=N)N)CC3)n2)ccc1OC. The largest absolute Gasteiger partial charge is 0.496 e. The first-order chi connectivity index (χ1) is 14.6. The maximum atomic E-state index is 7.84. The van der Waals surface area contributed by atoms with E-state index >= 15 is 0 Å². The van der Waals surface area contributed by atoms with E-state index in [1.165, 1.54) is 63.4 Å². The minimum absolute atomic E-state index is 0.172. The van der Waals surface area contributed by atoms with Crippen LogP contribution in [0.1, 0.15) is 88.9 Å². The van der Waals surface area contributed by atoms with Crippen LogP contribution in [-0.2, 0) is 11.8 Å². The molecule has 2 aromatic rings. The molecule has 0 radical (unpaired) electrons. The molecule has 1 aliphatic rings. The molecule has 0 aliphatic heterocycles. The number of rotatable bonds is 14. The van der Waals surface area contributed by atoms with E-state index < -0.39 is 5.41 Å². The molecule has 6 heteroatoms. The van der Waals surface area contributed by atoms with Crippen LogP contribution in [0.25, 0.3) is 11.4 Å². The summed E-state index contributed by atoms with van der Waals surface area (Å²) in [6.07, 6.45) is 14.6. The summed E-state index contributed by atoms with van der Waals surface area (Å²) >= 11 is 0. The van der Waals surface area contributed by atoms with Gasteiger partial charge in [0.05, 0.1) is 12.5 Å². The van der Waals surface area contributed by atoms with Gasteiger partial charge in [-0.05, 0) is 49.4 Å². The third-order valence-electron chi connectivity index (χ3n) is 6.29. The van der Waals surface area contributed by atoms with E-state index in [1.54, 1.807) is 7.11 Å². The van der Waals surface area contributed by atoms with Gasteiger partial charge in [-0.2, -0.15) is 5.10 Å². The molecule has 1 heterocycles. The Morgan fingerprint density at radius 2 is 1.77 bits per heavy atom. The van der Waals surface area contributed by atoms with Crippen LogP contribution >= 0.6 is 0 Å². The Kier molecular flexibility index (Phi) is 7.88. The third kappa shape index (κ3) is 5.41. The van der Waals surface area contributed by atoms with E-state index in [-0.39, 0.29) is 5.84 Å². The van der Waals surface area contributed by atoms with Crippen molar-refractivity contribution in [2.75, 3.05) is 7.11 Å².